The maximum absolute atomic E-state index is 13.4. The van der Waals surface area contributed by atoms with E-state index in [1.807, 2.05) is 0 Å². The van der Waals surface area contributed by atoms with Crippen LogP contribution in [0.3, 0.4) is 0 Å². The molecular weight excluding hydrogens is 490 g/mol. The number of sulfonamides is 1. The van der Waals surface area contributed by atoms with E-state index in [4.69, 9.17) is 9.47 Å². The van der Waals surface area contributed by atoms with Gasteiger partial charge in [0.15, 0.2) is 0 Å². The van der Waals surface area contributed by atoms with Gasteiger partial charge >= 0.3 is 5.97 Å². The fraction of sp³-hybridized carbons (Fsp3) is 0.500. The van der Waals surface area contributed by atoms with Gasteiger partial charge in [-0.05, 0) is 62.1 Å². The molecule has 9 nitrogen and oxygen atoms in total. The average molecular weight is 522 g/mol. The Morgan fingerprint density at radius 3 is 2.57 bits per heavy atom. The van der Waals surface area contributed by atoms with E-state index in [1.165, 1.54) is 42.0 Å². The molecule has 1 aromatic heterocycles. The maximum Gasteiger partial charge on any atom is 0.341 e. The highest BCUT2D eigenvalue weighted by atomic mass is 32.2. The highest BCUT2D eigenvalue weighted by Crippen LogP contribution is 2.38. The summed E-state index contributed by atoms with van der Waals surface area (Å²) in [4.78, 5) is 29.5. The molecule has 2 aromatic rings. The van der Waals surface area contributed by atoms with Gasteiger partial charge in [0.1, 0.15) is 16.8 Å². The zero-order chi connectivity index (χ0) is 25.2. The molecule has 1 N–H and O–H groups in total. The van der Waals surface area contributed by atoms with Crippen molar-refractivity contribution in [3.8, 4) is 5.75 Å². The Balaban J connectivity index is 1.58. The first-order chi connectivity index (χ1) is 16.8. The highest BCUT2D eigenvalue weighted by molar-refractivity contribution is 7.89. The Morgan fingerprint density at radius 1 is 1.17 bits per heavy atom. The number of hydrogen-bond acceptors (Lipinski definition) is 8. The lowest BCUT2D eigenvalue weighted by molar-refractivity contribution is -0.119. The SMILES string of the molecule is CCCN1CCc2c(sc(NC(=O)C3CCCN3S(=O)(=O)c3ccc(OC)cc3)c2C(=O)OC)C1. The summed E-state index contributed by atoms with van der Waals surface area (Å²) >= 11 is 1.38. The fourth-order valence-corrected chi connectivity index (χ4v) is 7.68. The molecule has 0 radical (unpaired) electrons. The van der Waals surface area contributed by atoms with Gasteiger partial charge in [0.05, 0.1) is 24.7 Å². The fourth-order valence-electron chi connectivity index (χ4n) is 4.74. The molecule has 4 rings (SSSR count). The second-order valence-corrected chi connectivity index (χ2v) is 11.7. The predicted octanol–water partition coefficient (Wildman–Crippen LogP) is 3.10. The van der Waals surface area contributed by atoms with Gasteiger partial charge in [0.25, 0.3) is 0 Å². The summed E-state index contributed by atoms with van der Waals surface area (Å²) in [6.07, 6.45) is 2.72. The largest absolute Gasteiger partial charge is 0.497 e. The number of methoxy groups -OCH3 is 2. The summed E-state index contributed by atoms with van der Waals surface area (Å²) in [5.74, 6) is -0.376. The number of nitrogens with zero attached hydrogens (tertiary/aromatic N) is 2. The van der Waals surface area contributed by atoms with Crippen molar-refractivity contribution >= 4 is 38.2 Å². The van der Waals surface area contributed by atoms with Crippen molar-refractivity contribution in [3.63, 3.8) is 0 Å². The molecule has 1 amide bonds. The van der Waals surface area contributed by atoms with Crippen LogP contribution in [0.15, 0.2) is 29.2 Å². The Bertz CT molecular complexity index is 1190. The second-order valence-electron chi connectivity index (χ2n) is 8.66. The van der Waals surface area contributed by atoms with Crippen LogP contribution in [0.1, 0.15) is 47.0 Å². The minimum absolute atomic E-state index is 0.107. The molecule has 11 heteroatoms. The van der Waals surface area contributed by atoms with Gasteiger partial charge in [-0.15, -0.1) is 11.3 Å². The molecule has 1 aromatic carbocycles. The number of fused-ring (bicyclic) bond motifs is 1. The predicted molar refractivity (Wildman–Crippen MR) is 133 cm³/mol. The zero-order valence-corrected chi connectivity index (χ0v) is 21.8. The number of ether oxygens (including phenoxy) is 2. The summed E-state index contributed by atoms with van der Waals surface area (Å²) in [5, 5.41) is 3.31. The van der Waals surface area contributed by atoms with Crippen molar-refractivity contribution in [2.75, 3.05) is 39.2 Å². The third-order valence-corrected chi connectivity index (χ3v) is 9.53. The van der Waals surface area contributed by atoms with Crippen molar-refractivity contribution in [2.45, 2.75) is 50.1 Å². The normalized spacial score (nSPS) is 18.8. The Labute approximate surface area is 210 Å². The number of carbonyl (C=O) groups excluding carboxylic acids is 2. The van der Waals surface area contributed by atoms with Crippen LogP contribution >= 0.6 is 11.3 Å². The number of anilines is 1. The molecule has 2 aliphatic rings. The van der Waals surface area contributed by atoms with Crippen LogP contribution < -0.4 is 10.1 Å². The lowest BCUT2D eigenvalue weighted by atomic mass is 10.0. The number of carbonyl (C=O) groups is 2. The molecule has 0 aliphatic carbocycles. The Hall–Kier alpha value is -2.47. The Morgan fingerprint density at radius 2 is 1.91 bits per heavy atom. The van der Waals surface area contributed by atoms with E-state index >= 15 is 0 Å². The first kappa shape index (κ1) is 25.6. The molecule has 1 unspecified atom stereocenters. The van der Waals surface area contributed by atoms with Crippen LogP contribution in [0, 0.1) is 0 Å². The van der Waals surface area contributed by atoms with Crippen LogP contribution in [-0.2, 0) is 32.5 Å². The Kier molecular flexibility index (Phi) is 7.80. The quantitative estimate of drug-likeness (QED) is 0.532. The van der Waals surface area contributed by atoms with E-state index in [-0.39, 0.29) is 11.4 Å². The molecule has 0 saturated carbocycles. The topological polar surface area (TPSA) is 105 Å². The van der Waals surface area contributed by atoms with Crippen LogP contribution in [0.5, 0.6) is 5.75 Å². The zero-order valence-electron chi connectivity index (χ0n) is 20.2. The number of thiophene rings is 1. The monoisotopic (exact) mass is 521 g/mol. The van der Waals surface area contributed by atoms with Crippen molar-refractivity contribution in [1.29, 1.82) is 0 Å². The first-order valence-corrected chi connectivity index (χ1v) is 14.0. The molecule has 0 spiro atoms. The van der Waals surface area contributed by atoms with Crippen molar-refractivity contribution in [2.24, 2.45) is 0 Å². The van der Waals surface area contributed by atoms with E-state index in [1.54, 1.807) is 12.1 Å². The molecule has 1 atom stereocenters. The first-order valence-electron chi connectivity index (χ1n) is 11.7. The number of amides is 1. The third kappa shape index (κ3) is 5.09. The number of hydrogen-bond donors (Lipinski definition) is 1. The maximum atomic E-state index is 13.4. The minimum Gasteiger partial charge on any atom is -0.497 e. The summed E-state index contributed by atoms with van der Waals surface area (Å²) in [6, 6.07) is 5.26. The van der Waals surface area contributed by atoms with Gasteiger partial charge in [-0.2, -0.15) is 4.31 Å². The van der Waals surface area contributed by atoms with Gasteiger partial charge < -0.3 is 14.8 Å². The lowest BCUT2D eigenvalue weighted by Gasteiger charge is -2.26. The highest BCUT2D eigenvalue weighted by Gasteiger charge is 2.40. The molecular formula is C24H31N3O6S2. The number of esters is 1. The molecule has 35 heavy (non-hydrogen) atoms. The van der Waals surface area contributed by atoms with Gasteiger partial charge in [-0.25, -0.2) is 13.2 Å². The molecule has 190 valence electrons. The van der Waals surface area contributed by atoms with E-state index in [2.05, 4.69) is 17.1 Å². The van der Waals surface area contributed by atoms with Crippen LogP contribution in [0.25, 0.3) is 0 Å². The third-order valence-electron chi connectivity index (χ3n) is 6.47. The molecule has 1 saturated heterocycles. The average Bonchev–Trinajstić information content (AvgIpc) is 3.49. The van der Waals surface area contributed by atoms with Crippen molar-refractivity contribution in [1.82, 2.24) is 9.21 Å². The summed E-state index contributed by atoms with van der Waals surface area (Å²) < 4.78 is 38.0. The van der Waals surface area contributed by atoms with E-state index < -0.39 is 27.9 Å². The van der Waals surface area contributed by atoms with Crippen molar-refractivity contribution < 1.29 is 27.5 Å². The van der Waals surface area contributed by atoms with Crippen molar-refractivity contribution in [3.05, 3.63) is 40.3 Å². The molecule has 1 fully saturated rings. The minimum atomic E-state index is -3.88. The molecule has 0 bridgehead atoms. The molecule has 2 aliphatic heterocycles. The van der Waals surface area contributed by atoms with Crippen LogP contribution in [0.4, 0.5) is 5.00 Å². The molecule has 3 heterocycles. The summed E-state index contributed by atoms with van der Waals surface area (Å²) in [7, 11) is -1.04. The van der Waals surface area contributed by atoms with Gasteiger partial charge in [0, 0.05) is 24.5 Å². The number of rotatable bonds is 8. The lowest BCUT2D eigenvalue weighted by Crippen LogP contribution is -2.43. The standard InChI is InChI=1S/C24H31N3O6S2/c1-4-12-26-14-11-18-20(15-26)34-23(21(18)24(29)33-3)25-22(28)19-6-5-13-27(19)35(30,31)17-9-7-16(32-2)8-10-17/h7-10,19H,4-6,11-15H2,1-3H3,(H,25,28). The van der Waals surface area contributed by atoms with Gasteiger partial charge in [0.2, 0.25) is 15.9 Å². The second kappa shape index (κ2) is 10.7. The number of benzene rings is 1. The number of nitrogens with one attached hydrogen (secondary N) is 1. The van der Waals surface area contributed by atoms with Crippen LogP contribution in [-0.4, -0.2) is 69.4 Å². The van der Waals surface area contributed by atoms with E-state index in [9.17, 15) is 18.0 Å². The van der Waals surface area contributed by atoms with E-state index in [0.29, 0.717) is 35.6 Å². The van der Waals surface area contributed by atoms with E-state index in [0.717, 1.165) is 36.5 Å². The smallest absolute Gasteiger partial charge is 0.341 e. The van der Waals surface area contributed by atoms with Gasteiger partial charge in [-0.1, -0.05) is 6.92 Å². The summed E-state index contributed by atoms with van der Waals surface area (Å²) in [6.45, 7) is 4.90. The summed E-state index contributed by atoms with van der Waals surface area (Å²) in [5.41, 5.74) is 1.30. The van der Waals surface area contributed by atoms with Gasteiger partial charge in [-0.3, -0.25) is 9.69 Å². The van der Waals surface area contributed by atoms with Crippen LogP contribution in [0.2, 0.25) is 0 Å².